The topological polar surface area (TPSA) is 129 Å². The Bertz CT molecular complexity index is 1980. The highest BCUT2D eigenvalue weighted by Gasteiger charge is 2.64. The number of hydrogen-bond acceptors (Lipinski definition) is 8. The highest BCUT2D eigenvalue weighted by atomic mass is 32.2. The summed E-state index contributed by atoms with van der Waals surface area (Å²) in [4.78, 5) is 50.3. The second-order valence-electron chi connectivity index (χ2n) is 15.1. The SMILES string of the molecule is COc1ccc(-c2cc(CN(C)C[C@@H]3C[C@H]4C(=O)N[C@@]5(C)C(=O)N(S(=O)(=O)C6CC6)[C@H]5/C=C\CCCCCCC(=O)N4C3)c3ccccc3n2)cc1. The van der Waals surface area contributed by atoms with Crippen molar-refractivity contribution in [1.29, 1.82) is 0 Å². The van der Waals surface area contributed by atoms with Crippen LogP contribution in [0.5, 0.6) is 5.75 Å². The largest absolute Gasteiger partial charge is 0.497 e. The van der Waals surface area contributed by atoms with Crippen LogP contribution in [0.4, 0.5) is 0 Å². The molecule has 4 aliphatic rings. The van der Waals surface area contributed by atoms with Crippen molar-refractivity contribution < 1.29 is 27.5 Å². The number of nitrogens with one attached hydrogen (secondary N) is 1. The number of aromatic nitrogens is 1. The number of pyridine rings is 1. The highest BCUT2D eigenvalue weighted by Crippen LogP contribution is 2.42. The third-order valence-corrected chi connectivity index (χ3v) is 13.4. The molecule has 7 rings (SSSR count). The zero-order chi connectivity index (χ0) is 36.6. The van der Waals surface area contributed by atoms with Crippen LogP contribution in [0.15, 0.2) is 66.7 Å². The third-order valence-electron chi connectivity index (χ3n) is 11.1. The van der Waals surface area contributed by atoms with Gasteiger partial charge >= 0.3 is 0 Å². The van der Waals surface area contributed by atoms with Gasteiger partial charge < -0.3 is 19.9 Å². The number of nitrogens with zero attached hydrogens (tertiary/aromatic N) is 4. The van der Waals surface area contributed by atoms with Crippen LogP contribution in [0.25, 0.3) is 22.2 Å². The quantitative estimate of drug-likeness (QED) is 0.252. The molecule has 1 saturated carbocycles. The molecule has 1 aliphatic carbocycles. The zero-order valence-corrected chi connectivity index (χ0v) is 31.1. The molecule has 4 atom stereocenters. The number of allylic oxidation sites excluding steroid dienone is 1. The first kappa shape index (κ1) is 36.1. The van der Waals surface area contributed by atoms with Crippen LogP contribution in [-0.2, 0) is 31.0 Å². The van der Waals surface area contributed by atoms with Crippen LogP contribution in [0.1, 0.15) is 70.3 Å². The summed E-state index contributed by atoms with van der Waals surface area (Å²) < 4.78 is 32.9. The molecule has 0 radical (unpaired) electrons. The maximum atomic E-state index is 14.1. The van der Waals surface area contributed by atoms with Gasteiger partial charge in [0, 0.05) is 37.0 Å². The van der Waals surface area contributed by atoms with Crippen LogP contribution < -0.4 is 10.1 Å². The number of methoxy groups -OCH3 is 1. The van der Waals surface area contributed by atoms with E-state index >= 15 is 0 Å². The Labute approximate surface area is 306 Å². The number of fused-ring (bicyclic) bond motifs is 3. The summed E-state index contributed by atoms with van der Waals surface area (Å²) in [7, 11) is -0.0939. The number of carbonyl (C=O) groups excluding carboxylic acids is 3. The molecule has 3 aromatic rings. The Hall–Kier alpha value is -4.29. The molecule has 11 nitrogen and oxygen atoms in total. The fourth-order valence-electron chi connectivity index (χ4n) is 8.11. The van der Waals surface area contributed by atoms with Crippen LogP contribution in [0, 0.1) is 5.92 Å². The van der Waals surface area contributed by atoms with Gasteiger partial charge in [0.15, 0.2) is 0 Å². The first-order valence-electron chi connectivity index (χ1n) is 18.6. The van der Waals surface area contributed by atoms with Crippen LogP contribution >= 0.6 is 0 Å². The van der Waals surface area contributed by atoms with Gasteiger partial charge in [-0.15, -0.1) is 0 Å². The molecule has 2 aromatic carbocycles. The van der Waals surface area contributed by atoms with Crippen molar-refractivity contribution in [2.45, 2.75) is 94.1 Å². The minimum atomic E-state index is -3.80. The molecule has 12 heteroatoms. The van der Waals surface area contributed by atoms with E-state index < -0.39 is 44.7 Å². The van der Waals surface area contributed by atoms with Crippen molar-refractivity contribution in [3.8, 4) is 17.0 Å². The third kappa shape index (κ3) is 7.07. The molecule has 52 heavy (non-hydrogen) atoms. The van der Waals surface area contributed by atoms with Crippen LogP contribution in [0.3, 0.4) is 0 Å². The van der Waals surface area contributed by atoms with Gasteiger partial charge in [-0.2, -0.15) is 0 Å². The first-order chi connectivity index (χ1) is 25.0. The summed E-state index contributed by atoms with van der Waals surface area (Å²) in [5.41, 5.74) is 2.48. The molecule has 0 spiro atoms. The predicted octanol–water partition coefficient (Wildman–Crippen LogP) is 5.05. The molecule has 1 N–H and O–H groups in total. The van der Waals surface area contributed by atoms with Gasteiger partial charge in [-0.05, 0) is 100 Å². The molecule has 2 saturated heterocycles. The number of rotatable bonds is 8. The van der Waals surface area contributed by atoms with Gasteiger partial charge in [0.2, 0.25) is 21.8 Å². The zero-order valence-electron chi connectivity index (χ0n) is 30.3. The van der Waals surface area contributed by atoms with E-state index in [-0.39, 0.29) is 11.8 Å². The standard InChI is InChI=1S/C40H49N5O6S/c1-40-36(45(39(40)48)52(49,50)31-20-21-31)14-8-6-4-5-7-9-15-37(46)44-25-27(22-35(44)38(47)42-40)24-43(2)26-29-23-34(28-16-18-30(51-3)19-17-28)41-33-13-11-10-12-32(29)33/h8,10-14,16-19,23,27,31,35-36H,4-7,9,15,20-22,24-26H2,1-3H3,(H,42,47)/b14-8-/t27-,35-,36-,40+/m0/s1. The normalized spacial score (nSPS) is 26.6. The van der Waals surface area contributed by atoms with Crippen molar-refractivity contribution in [2.24, 2.45) is 5.92 Å². The Morgan fingerprint density at radius 3 is 2.52 bits per heavy atom. The molecule has 1 aromatic heterocycles. The Balaban J connectivity index is 1.10. The van der Waals surface area contributed by atoms with Gasteiger partial charge in [-0.3, -0.25) is 14.4 Å². The summed E-state index contributed by atoms with van der Waals surface area (Å²) in [5, 5.41) is 3.49. The average Bonchev–Trinajstić information content (AvgIpc) is 3.92. The van der Waals surface area contributed by atoms with Gasteiger partial charge in [0.1, 0.15) is 17.3 Å². The van der Waals surface area contributed by atoms with E-state index in [1.54, 1.807) is 25.0 Å². The van der Waals surface area contributed by atoms with Crippen LogP contribution in [-0.4, -0.2) is 95.3 Å². The van der Waals surface area contributed by atoms with Crippen molar-refractivity contribution >= 4 is 38.6 Å². The minimum absolute atomic E-state index is 0.0186. The lowest BCUT2D eigenvalue weighted by Gasteiger charge is -2.52. The number of β-lactam (4-membered cyclic amide) rings is 1. The number of hydrogen-bond donors (Lipinski definition) is 1. The summed E-state index contributed by atoms with van der Waals surface area (Å²) in [6, 6.07) is 16.6. The summed E-state index contributed by atoms with van der Waals surface area (Å²) in [6.07, 6.45) is 9.84. The van der Waals surface area contributed by atoms with Gasteiger partial charge in [0.25, 0.3) is 5.91 Å². The minimum Gasteiger partial charge on any atom is -0.497 e. The van der Waals surface area contributed by atoms with E-state index in [4.69, 9.17) is 9.72 Å². The highest BCUT2D eigenvalue weighted by molar-refractivity contribution is 7.90. The number of ether oxygens (including phenoxy) is 1. The van der Waals surface area contributed by atoms with E-state index in [1.165, 1.54) is 0 Å². The number of amides is 3. The molecular formula is C40H49N5O6S. The molecule has 4 heterocycles. The van der Waals surface area contributed by atoms with Gasteiger partial charge in [0.05, 0.1) is 29.6 Å². The van der Waals surface area contributed by atoms with Crippen molar-refractivity contribution in [3.05, 3.63) is 72.3 Å². The first-order valence-corrected chi connectivity index (χ1v) is 20.1. The van der Waals surface area contributed by atoms with Gasteiger partial charge in [-0.25, -0.2) is 17.7 Å². The van der Waals surface area contributed by atoms with Crippen molar-refractivity contribution in [2.75, 3.05) is 27.2 Å². The van der Waals surface area contributed by atoms with Crippen LogP contribution in [0.2, 0.25) is 0 Å². The molecule has 3 amide bonds. The maximum Gasteiger partial charge on any atom is 0.264 e. The smallest absolute Gasteiger partial charge is 0.264 e. The predicted molar refractivity (Wildman–Crippen MR) is 200 cm³/mol. The summed E-state index contributed by atoms with van der Waals surface area (Å²) in [5.74, 6) is -0.275. The van der Waals surface area contributed by atoms with E-state index in [1.807, 2.05) is 48.5 Å². The Morgan fingerprint density at radius 2 is 1.77 bits per heavy atom. The maximum absolute atomic E-state index is 14.1. The monoisotopic (exact) mass is 727 g/mol. The molecule has 3 aliphatic heterocycles. The number of para-hydroxylation sites is 1. The lowest BCUT2D eigenvalue weighted by molar-refractivity contribution is -0.153. The lowest BCUT2D eigenvalue weighted by atomic mass is 9.82. The second kappa shape index (κ2) is 14.6. The molecular weight excluding hydrogens is 679 g/mol. The number of sulfonamides is 1. The number of carbonyl (C=O) groups is 3. The summed E-state index contributed by atoms with van der Waals surface area (Å²) >= 11 is 0. The molecule has 0 bridgehead atoms. The van der Waals surface area contributed by atoms with Gasteiger partial charge in [-0.1, -0.05) is 43.2 Å². The fraction of sp³-hybridized carbons (Fsp3) is 0.500. The summed E-state index contributed by atoms with van der Waals surface area (Å²) in [6.45, 7) is 3.34. The molecule has 3 fully saturated rings. The molecule has 0 unspecified atom stereocenters. The van der Waals surface area contributed by atoms with E-state index in [2.05, 4.69) is 29.4 Å². The van der Waals surface area contributed by atoms with Crippen molar-refractivity contribution in [3.63, 3.8) is 0 Å². The number of benzene rings is 2. The lowest BCUT2D eigenvalue weighted by Crippen LogP contribution is -2.80. The van der Waals surface area contributed by atoms with E-state index in [0.717, 1.165) is 69.9 Å². The fourth-order valence-corrected chi connectivity index (χ4v) is 10.2. The van der Waals surface area contributed by atoms with E-state index in [0.29, 0.717) is 45.3 Å². The molecule has 276 valence electrons. The second-order valence-corrected chi connectivity index (χ2v) is 17.2. The Morgan fingerprint density at radius 1 is 1.02 bits per heavy atom. The Kier molecular flexibility index (Phi) is 10.1. The van der Waals surface area contributed by atoms with E-state index in [9.17, 15) is 22.8 Å². The average molecular weight is 728 g/mol. The van der Waals surface area contributed by atoms with Crippen molar-refractivity contribution in [1.82, 2.24) is 24.4 Å².